The Balaban J connectivity index is 1.05. The highest BCUT2D eigenvalue weighted by atomic mass is 15.2. The molecule has 0 fully saturated rings. The van der Waals surface area contributed by atoms with Gasteiger partial charge in [-0.05, 0) is 133 Å². The Labute approximate surface area is 355 Å². The molecule has 0 N–H and O–H groups in total. The first kappa shape index (κ1) is 35.8. The molecule has 2 heteroatoms. The zero-order valence-electron chi connectivity index (χ0n) is 36.2. The summed E-state index contributed by atoms with van der Waals surface area (Å²) in [5.41, 5.74) is 24.0. The number of benzene rings is 7. The molecule has 0 saturated carbocycles. The largest absolute Gasteiger partial charge is 0.314 e. The zero-order valence-corrected chi connectivity index (χ0v) is 36.2. The van der Waals surface area contributed by atoms with Gasteiger partial charge in [-0.1, -0.05) is 159 Å². The molecule has 7 aromatic carbocycles. The molecule has 0 bridgehead atoms. The number of rotatable bonds is 2. The third-order valence-electron chi connectivity index (χ3n) is 15.4. The average Bonchev–Trinajstić information content (AvgIpc) is 3.63. The molecule has 0 unspecified atom stereocenters. The van der Waals surface area contributed by atoms with E-state index in [1.54, 1.807) is 0 Å². The van der Waals surface area contributed by atoms with Gasteiger partial charge >= 0.3 is 0 Å². The van der Waals surface area contributed by atoms with E-state index in [1.807, 2.05) is 0 Å². The average molecular weight is 777 g/mol. The van der Waals surface area contributed by atoms with Crippen molar-refractivity contribution in [2.45, 2.75) is 89.9 Å². The number of anilines is 5. The van der Waals surface area contributed by atoms with Crippen LogP contribution in [0.5, 0.6) is 0 Å². The minimum absolute atomic E-state index is 0.0527. The van der Waals surface area contributed by atoms with E-state index in [9.17, 15) is 0 Å². The van der Waals surface area contributed by atoms with Crippen molar-refractivity contribution in [1.82, 2.24) is 0 Å². The Morgan fingerprint density at radius 1 is 0.417 bits per heavy atom. The fourth-order valence-corrected chi connectivity index (χ4v) is 12.5. The summed E-state index contributed by atoms with van der Waals surface area (Å²) in [6.45, 7) is 19.5. The van der Waals surface area contributed by atoms with Gasteiger partial charge in [-0.2, -0.15) is 0 Å². The van der Waals surface area contributed by atoms with Crippen LogP contribution in [0.2, 0.25) is 0 Å². The van der Waals surface area contributed by atoms with Gasteiger partial charge in [0.15, 0.2) is 0 Å². The number of allylic oxidation sites excluding steroid dienone is 4. The first-order chi connectivity index (χ1) is 28.8. The Bertz CT molecular complexity index is 3060. The predicted molar refractivity (Wildman–Crippen MR) is 253 cm³/mol. The molecule has 0 atom stereocenters. The lowest BCUT2D eigenvalue weighted by Crippen LogP contribution is -2.34. The summed E-state index contributed by atoms with van der Waals surface area (Å²) in [5.74, 6) is 0. The van der Waals surface area contributed by atoms with Gasteiger partial charge in [0.2, 0.25) is 0 Å². The van der Waals surface area contributed by atoms with Crippen LogP contribution in [0.4, 0.5) is 28.4 Å². The number of hydrogen-bond donors (Lipinski definition) is 0. The van der Waals surface area contributed by atoms with Gasteiger partial charge in [0.25, 0.3) is 0 Å². The number of hydrogen-bond acceptors (Lipinski definition) is 2. The summed E-state index contributed by atoms with van der Waals surface area (Å²) in [6, 6.07) is 51.1. The molecule has 2 aliphatic heterocycles. The molecule has 0 spiro atoms. The molecule has 2 heterocycles. The highest BCUT2D eigenvalue weighted by Gasteiger charge is 2.48. The molecule has 3 aliphatic carbocycles. The summed E-state index contributed by atoms with van der Waals surface area (Å²) in [5, 5.41) is 2.71. The van der Waals surface area contributed by atoms with Crippen LogP contribution in [-0.2, 0) is 21.7 Å². The third kappa shape index (κ3) is 4.39. The summed E-state index contributed by atoms with van der Waals surface area (Å²) in [6.07, 6.45) is 6.89. The van der Waals surface area contributed by atoms with Gasteiger partial charge in [-0.25, -0.2) is 0 Å². The van der Waals surface area contributed by atoms with Gasteiger partial charge < -0.3 is 9.80 Å². The maximum Gasteiger partial charge on any atom is 0.0502 e. The lowest BCUT2D eigenvalue weighted by molar-refractivity contribution is 0.599. The lowest BCUT2D eigenvalue weighted by atomic mass is 9.71. The van der Waals surface area contributed by atoms with E-state index in [4.69, 9.17) is 0 Å². The Hall–Kier alpha value is -6.12. The molecule has 60 heavy (non-hydrogen) atoms. The molecule has 294 valence electrons. The van der Waals surface area contributed by atoms with E-state index >= 15 is 0 Å². The van der Waals surface area contributed by atoms with Crippen molar-refractivity contribution < 1.29 is 0 Å². The van der Waals surface area contributed by atoms with E-state index < -0.39 is 0 Å². The van der Waals surface area contributed by atoms with Gasteiger partial charge in [-0.15, -0.1) is 0 Å². The standard InChI is InChI=1S/C58H52N2/c1-55(2)41-21-11-15-25-47(41)59(48-26-16-12-22-42(48)55)35-29-31-39-45(33-35)57(5,6)53-51(39)37-19-9-10-20-38(37)52-40-32-30-36(34-46(40)58(7,8)54(52)53)60-49-27-17-13-23-43(49)56(3,4)44-24-14-18-28-50(44)60/h9-17,19-27,29-34H,18,28H2,1-8H3. The first-order valence-electron chi connectivity index (χ1n) is 22.0. The predicted octanol–water partition coefficient (Wildman–Crippen LogP) is 15.6. The zero-order chi connectivity index (χ0) is 41.1. The molecule has 7 aromatic rings. The second-order valence-electron chi connectivity index (χ2n) is 20.0. The smallest absolute Gasteiger partial charge is 0.0502 e. The fraction of sp³-hybridized carbons (Fsp3) is 0.241. The van der Waals surface area contributed by atoms with E-state index in [0.717, 1.165) is 12.8 Å². The SMILES string of the molecule is CC1(C)C2=C(CCC=C2)N(c2ccc3c(c2)C(C)(C)c2c4c(c5ccccc5c2-3)-c2ccc(N3c5ccccc5C(C)(C)c5ccccc53)cc2C4(C)C)c2ccccc21. The highest BCUT2D eigenvalue weighted by molar-refractivity contribution is 6.13. The van der Waals surface area contributed by atoms with Gasteiger partial charge in [0.05, 0.1) is 11.4 Å². The van der Waals surface area contributed by atoms with E-state index in [0.29, 0.717) is 0 Å². The summed E-state index contributed by atoms with van der Waals surface area (Å²) >= 11 is 0. The van der Waals surface area contributed by atoms with Crippen LogP contribution in [0.1, 0.15) is 107 Å². The van der Waals surface area contributed by atoms with E-state index in [1.165, 1.54) is 112 Å². The van der Waals surface area contributed by atoms with Crippen molar-refractivity contribution in [2.75, 3.05) is 9.80 Å². The molecule has 0 aromatic heterocycles. The Morgan fingerprint density at radius 2 is 0.850 bits per heavy atom. The molecule has 2 nitrogen and oxygen atoms in total. The van der Waals surface area contributed by atoms with Crippen LogP contribution in [-0.4, -0.2) is 0 Å². The van der Waals surface area contributed by atoms with Crippen LogP contribution < -0.4 is 9.80 Å². The minimum atomic E-state index is -0.240. The highest BCUT2D eigenvalue weighted by Crippen LogP contribution is 2.64. The van der Waals surface area contributed by atoms with Crippen LogP contribution in [0.15, 0.2) is 157 Å². The van der Waals surface area contributed by atoms with Crippen molar-refractivity contribution in [3.63, 3.8) is 0 Å². The number of para-hydroxylation sites is 3. The molecule has 0 amide bonds. The van der Waals surface area contributed by atoms with Gasteiger partial charge in [0.1, 0.15) is 0 Å². The minimum Gasteiger partial charge on any atom is -0.314 e. The maximum absolute atomic E-state index is 2.60. The van der Waals surface area contributed by atoms with Crippen LogP contribution >= 0.6 is 0 Å². The fourth-order valence-electron chi connectivity index (χ4n) is 12.5. The van der Waals surface area contributed by atoms with Crippen LogP contribution in [0.3, 0.4) is 0 Å². The summed E-state index contributed by atoms with van der Waals surface area (Å²) in [7, 11) is 0. The van der Waals surface area contributed by atoms with Crippen LogP contribution in [0.25, 0.3) is 33.0 Å². The second-order valence-corrected chi connectivity index (χ2v) is 20.0. The van der Waals surface area contributed by atoms with E-state index in [-0.39, 0.29) is 21.7 Å². The lowest BCUT2D eigenvalue weighted by Gasteiger charge is -2.44. The topological polar surface area (TPSA) is 6.48 Å². The molecule has 5 aliphatic rings. The normalized spacial score (nSPS) is 18.9. The second kappa shape index (κ2) is 11.8. The van der Waals surface area contributed by atoms with Gasteiger partial charge in [0, 0.05) is 44.4 Å². The van der Waals surface area contributed by atoms with Gasteiger partial charge in [-0.3, -0.25) is 0 Å². The van der Waals surface area contributed by atoms with E-state index in [2.05, 4.69) is 211 Å². The summed E-state index contributed by atoms with van der Waals surface area (Å²) < 4.78 is 0. The quantitative estimate of drug-likeness (QED) is 0.173. The number of fused-ring (bicyclic) bond motifs is 13. The van der Waals surface area contributed by atoms with Crippen LogP contribution in [0, 0.1) is 0 Å². The number of nitrogens with zero attached hydrogens (tertiary/aromatic N) is 2. The molecule has 0 saturated heterocycles. The maximum atomic E-state index is 2.60. The molecule has 0 radical (unpaired) electrons. The van der Waals surface area contributed by atoms with Crippen molar-refractivity contribution >= 4 is 39.2 Å². The monoisotopic (exact) mass is 776 g/mol. The Morgan fingerprint density at radius 3 is 1.37 bits per heavy atom. The molecular weight excluding hydrogens is 725 g/mol. The summed E-state index contributed by atoms with van der Waals surface area (Å²) in [4.78, 5) is 5.11. The first-order valence-corrected chi connectivity index (χ1v) is 22.0. The Kier molecular flexibility index (Phi) is 7.03. The molecule has 12 rings (SSSR count). The molecular formula is C58H52N2. The van der Waals surface area contributed by atoms with Crippen molar-refractivity contribution in [3.05, 3.63) is 196 Å². The third-order valence-corrected chi connectivity index (χ3v) is 15.4. The van der Waals surface area contributed by atoms with Crippen molar-refractivity contribution in [3.8, 4) is 22.3 Å². The van der Waals surface area contributed by atoms with Crippen molar-refractivity contribution in [1.29, 1.82) is 0 Å². The van der Waals surface area contributed by atoms with Crippen molar-refractivity contribution in [2.24, 2.45) is 0 Å².